The molecule has 2 rings (SSSR count). The third-order valence-corrected chi connectivity index (χ3v) is 3.13. The Morgan fingerprint density at radius 3 is 3.00 bits per heavy atom. The van der Waals surface area contributed by atoms with Gasteiger partial charge in [-0.1, -0.05) is 11.6 Å². The van der Waals surface area contributed by atoms with Crippen molar-refractivity contribution in [3.8, 4) is 0 Å². The van der Waals surface area contributed by atoms with Gasteiger partial charge in [0.25, 0.3) is 0 Å². The summed E-state index contributed by atoms with van der Waals surface area (Å²) in [5.74, 6) is 1.28. The average molecular weight is 255 g/mol. The maximum absolute atomic E-state index is 11.7. The fourth-order valence-electron chi connectivity index (χ4n) is 1.47. The number of benzene rings is 1. The van der Waals surface area contributed by atoms with Gasteiger partial charge in [-0.3, -0.25) is 4.79 Å². The van der Waals surface area contributed by atoms with Gasteiger partial charge < -0.3 is 4.42 Å². The van der Waals surface area contributed by atoms with Crippen LogP contribution in [0.4, 0.5) is 0 Å². The van der Waals surface area contributed by atoms with Crippen LogP contribution in [0.2, 0.25) is 5.02 Å². The Morgan fingerprint density at radius 1 is 1.44 bits per heavy atom. The van der Waals surface area contributed by atoms with E-state index in [2.05, 4.69) is 0 Å². The summed E-state index contributed by atoms with van der Waals surface area (Å²) >= 11 is 7.51. The third-order valence-electron chi connectivity index (χ3n) is 2.29. The molecule has 1 aromatic carbocycles. The molecule has 0 aliphatic heterocycles. The number of hydrogen-bond donors (Lipinski definition) is 0. The van der Waals surface area contributed by atoms with Crippen molar-refractivity contribution in [1.82, 2.24) is 0 Å². The molecule has 0 aliphatic carbocycles. The Balaban J connectivity index is 2.28. The molecular weight excluding hydrogens is 244 g/mol. The SMILES string of the molecule is CSCCC(=O)c1cc2cc(Cl)ccc2o1. The highest BCUT2D eigenvalue weighted by Crippen LogP contribution is 2.23. The molecule has 0 unspecified atom stereocenters. The van der Waals surface area contributed by atoms with Crippen LogP contribution in [0.3, 0.4) is 0 Å². The van der Waals surface area contributed by atoms with Gasteiger partial charge in [-0.25, -0.2) is 0 Å². The first kappa shape index (κ1) is 11.6. The van der Waals surface area contributed by atoms with Crippen molar-refractivity contribution in [2.45, 2.75) is 6.42 Å². The van der Waals surface area contributed by atoms with E-state index in [0.717, 1.165) is 11.1 Å². The number of furan rings is 1. The first-order valence-electron chi connectivity index (χ1n) is 4.92. The van der Waals surface area contributed by atoms with Crippen molar-refractivity contribution in [3.05, 3.63) is 35.0 Å². The molecule has 0 saturated carbocycles. The Kier molecular flexibility index (Phi) is 3.56. The smallest absolute Gasteiger partial charge is 0.198 e. The summed E-state index contributed by atoms with van der Waals surface area (Å²) in [5.41, 5.74) is 0.705. The molecule has 1 aromatic heterocycles. The van der Waals surface area contributed by atoms with Gasteiger partial charge in [-0.15, -0.1) is 0 Å². The second-order valence-corrected chi connectivity index (χ2v) is 4.88. The zero-order valence-corrected chi connectivity index (χ0v) is 10.4. The minimum absolute atomic E-state index is 0.0432. The predicted octanol–water partition coefficient (Wildman–Crippen LogP) is 4.02. The fraction of sp³-hybridized carbons (Fsp3) is 0.250. The first-order valence-corrected chi connectivity index (χ1v) is 6.69. The zero-order chi connectivity index (χ0) is 11.5. The van der Waals surface area contributed by atoms with Crippen LogP contribution in [0.15, 0.2) is 28.7 Å². The lowest BCUT2D eigenvalue weighted by molar-refractivity contribution is 0.0965. The van der Waals surface area contributed by atoms with Gasteiger partial charge >= 0.3 is 0 Å². The number of hydrogen-bond acceptors (Lipinski definition) is 3. The standard InChI is InChI=1S/C12H11ClO2S/c1-16-5-4-10(14)12-7-8-6-9(13)2-3-11(8)15-12/h2-3,6-7H,4-5H2,1H3. The van der Waals surface area contributed by atoms with Gasteiger partial charge in [0.05, 0.1) is 0 Å². The summed E-state index contributed by atoms with van der Waals surface area (Å²) in [6.07, 6.45) is 2.49. The molecule has 0 N–H and O–H groups in total. The molecule has 0 amide bonds. The van der Waals surface area contributed by atoms with Crippen LogP contribution < -0.4 is 0 Å². The van der Waals surface area contributed by atoms with Crippen LogP contribution >= 0.6 is 23.4 Å². The molecule has 0 fully saturated rings. The van der Waals surface area contributed by atoms with Gasteiger partial charge in [-0.2, -0.15) is 11.8 Å². The van der Waals surface area contributed by atoms with Crippen LogP contribution in [0, 0.1) is 0 Å². The van der Waals surface area contributed by atoms with Crippen LogP contribution in [0.1, 0.15) is 17.0 Å². The summed E-state index contributed by atoms with van der Waals surface area (Å²) in [6.45, 7) is 0. The molecule has 16 heavy (non-hydrogen) atoms. The number of fused-ring (bicyclic) bond motifs is 1. The Morgan fingerprint density at radius 2 is 2.25 bits per heavy atom. The lowest BCUT2D eigenvalue weighted by atomic mass is 10.2. The third kappa shape index (κ3) is 2.42. The van der Waals surface area contributed by atoms with Crippen molar-refractivity contribution in [3.63, 3.8) is 0 Å². The molecule has 0 spiro atoms. The average Bonchev–Trinajstić information content (AvgIpc) is 2.68. The number of Topliss-reactive ketones (excluding diaryl/α,β-unsaturated/α-hetero) is 1. The first-order chi connectivity index (χ1) is 7.70. The van der Waals surface area contributed by atoms with Crippen LogP contribution in [-0.4, -0.2) is 17.8 Å². The van der Waals surface area contributed by atoms with Gasteiger partial charge in [0.2, 0.25) is 0 Å². The Hall–Kier alpha value is -0.930. The molecule has 84 valence electrons. The summed E-state index contributed by atoms with van der Waals surface area (Å²) < 4.78 is 5.46. The molecule has 0 bridgehead atoms. The van der Waals surface area contributed by atoms with E-state index in [1.165, 1.54) is 0 Å². The van der Waals surface area contributed by atoms with E-state index in [-0.39, 0.29) is 5.78 Å². The predicted molar refractivity (Wildman–Crippen MR) is 68.6 cm³/mol. The number of halogens is 1. The number of thioether (sulfide) groups is 1. The molecule has 2 nitrogen and oxygen atoms in total. The molecular formula is C12H11ClO2S. The van der Waals surface area contributed by atoms with E-state index in [9.17, 15) is 4.79 Å². The highest BCUT2D eigenvalue weighted by molar-refractivity contribution is 7.98. The van der Waals surface area contributed by atoms with Crippen molar-refractivity contribution in [2.75, 3.05) is 12.0 Å². The molecule has 0 atom stereocenters. The van der Waals surface area contributed by atoms with E-state index in [1.54, 1.807) is 36.0 Å². The normalized spacial score (nSPS) is 10.9. The fourth-order valence-corrected chi connectivity index (χ4v) is 2.04. The van der Waals surface area contributed by atoms with E-state index in [0.29, 0.717) is 22.8 Å². The largest absolute Gasteiger partial charge is 0.453 e. The van der Waals surface area contributed by atoms with E-state index >= 15 is 0 Å². The van der Waals surface area contributed by atoms with Crippen LogP contribution in [0.25, 0.3) is 11.0 Å². The molecule has 0 aliphatic rings. The van der Waals surface area contributed by atoms with Crippen molar-refractivity contribution in [2.24, 2.45) is 0 Å². The monoisotopic (exact) mass is 254 g/mol. The number of carbonyl (C=O) groups excluding carboxylic acids is 1. The molecule has 0 saturated heterocycles. The molecule has 1 heterocycles. The van der Waals surface area contributed by atoms with Crippen LogP contribution in [0.5, 0.6) is 0 Å². The number of rotatable bonds is 4. The van der Waals surface area contributed by atoms with Crippen molar-refractivity contribution >= 4 is 40.1 Å². The van der Waals surface area contributed by atoms with Crippen molar-refractivity contribution < 1.29 is 9.21 Å². The van der Waals surface area contributed by atoms with E-state index < -0.39 is 0 Å². The topological polar surface area (TPSA) is 30.2 Å². The minimum Gasteiger partial charge on any atom is -0.453 e. The molecule has 4 heteroatoms. The molecule has 0 radical (unpaired) electrons. The zero-order valence-electron chi connectivity index (χ0n) is 8.83. The number of ketones is 1. The number of carbonyl (C=O) groups is 1. The summed E-state index contributed by atoms with van der Waals surface area (Å²) in [6, 6.07) is 7.09. The van der Waals surface area contributed by atoms with E-state index in [4.69, 9.17) is 16.0 Å². The van der Waals surface area contributed by atoms with Crippen LogP contribution in [-0.2, 0) is 0 Å². The highest BCUT2D eigenvalue weighted by Gasteiger charge is 2.11. The molecule has 2 aromatic rings. The Labute approximate surface area is 103 Å². The second kappa shape index (κ2) is 4.93. The van der Waals surface area contributed by atoms with Gasteiger partial charge in [-0.05, 0) is 30.5 Å². The highest BCUT2D eigenvalue weighted by atomic mass is 35.5. The van der Waals surface area contributed by atoms with Gasteiger partial charge in [0.1, 0.15) is 5.58 Å². The van der Waals surface area contributed by atoms with Crippen molar-refractivity contribution in [1.29, 1.82) is 0 Å². The van der Waals surface area contributed by atoms with Gasteiger partial charge in [0, 0.05) is 22.6 Å². The lowest BCUT2D eigenvalue weighted by Crippen LogP contribution is -1.97. The summed E-state index contributed by atoms with van der Waals surface area (Å²) in [5, 5.41) is 1.52. The summed E-state index contributed by atoms with van der Waals surface area (Å²) in [4.78, 5) is 11.7. The lowest BCUT2D eigenvalue weighted by Gasteiger charge is -1.93. The maximum Gasteiger partial charge on any atom is 0.198 e. The van der Waals surface area contributed by atoms with Gasteiger partial charge in [0.15, 0.2) is 11.5 Å². The second-order valence-electron chi connectivity index (χ2n) is 3.46. The maximum atomic E-state index is 11.7. The Bertz CT molecular complexity index is 519. The van der Waals surface area contributed by atoms with E-state index in [1.807, 2.05) is 6.26 Å². The quantitative estimate of drug-likeness (QED) is 0.772. The minimum atomic E-state index is 0.0432. The summed E-state index contributed by atoms with van der Waals surface area (Å²) in [7, 11) is 0.